The van der Waals surface area contributed by atoms with Gasteiger partial charge in [-0.3, -0.25) is 4.79 Å². The van der Waals surface area contributed by atoms with Gasteiger partial charge in [-0.2, -0.15) is 0 Å². The van der Waals surface area contributed by atoms with Gasteiger partial charge >= 0.3 is 0 Å². The third-order valence-corrected chi connectivity index (χ3v) is 4.89. The summed E-state index contributed by atoms with van der Waals surface area (Å²) in [6, 6.07) is 13.9. The van der Waals surface area contributed by atoms with E-state index in [-0.39, 0.29) is 18.6 Å². The molecule has 0 spiro atoms. The van der Waals surface area contributed by atoms with E-state index in [2.05, 4.69) is 23.5 Å². The Hall–Kier alpha value is -1.87. The number of fused-ring (bicyclic) bond motifs is 1. The van der Waals surface area contributed by atoms with Gasteiger partial charge in [0, 0.05) is 6.42 Å². The second-order valence-corrected chi connectivity index (χ2v) is 6.62. The molecule has 0 aromatic heterocycles. The predicted molar refractivity (Wildman–Crippen MR) is 93.1 cm³/mol. The number of aliphatic hydroxyl groups excluding tert-OH is 1. The third-order valence-electron chi connectivity index (χ3n) is 4.89. The molecule has 2 aromatic rings. The number of hydrogen-bond acceptors (Lipinski definition) is 2. The third kappa shape index (κ3) is 4.11. The van der Waals surface area contributed by atoms with Crippen LogP contribution in [0.15, 0.2) is 42.5 Å². The van der Waals surface area contributed by atoms with Crippen LogP contribution in [0.3, 0.4) is 0 Å². The molecule has 0 heterocycles. The quantitative estimate of drug-likeness (QED) is 0.878. The fraction of sp³-hybridized carbons (Fsp3) is 0.450. The SMILES string of the molecule is O=C(CC1CCCCC1)NC(CO)c1ccc2ccccc2c1. The summed E-state index contributed by atoms with van der Waals surface area (Å²) in [5, 5.41) is 15.0. The van der Waals surface area contributed by atoms with Gasteiger partial charge in [-0.25, -0.2) is 0 Å². The van der Waals surface area contributed by atoms with E-state index in [0.717, 1.165) is 23.8 Å². The number of aliphatic hydroxyl groups is 1. The first-order chi connectivity index (χ1) is 11.3. The van der Waals surface area contributed by atoms with Crippen LogP contribution >= 0.6 is 0 Å². The maximum atomic E-state index is 12.3. The maximum absolute atomic E-state index is 12.3. The summed E-state index contributed by atoms with van der Waals surface area (Å²) < 4.78 is 0. The van der Waals surface area contributed by atoms with Gasteiger partial charge in [0.2, 0.25) is 5.91 Å². The van der Waals surface area contributed by atoms with Crippen molar-refractivity contribution in [3.63, 3.8) is 0 Å². The maximum Gasteiger partial charge on any atom is 0.220 e. The van der Waals surface area contributed by atoms with E-state index in [0.29, 0.717) is 12.3 Å². The summed E-state index contributed by atoms with van der Waals surface area (Å²) >= 11 is 0. The normalized spacial score (nSPS) is 17.1. The lowest BCUT2D eigenvalue weighted by atomic mass is 9.87. The van der Waals surface area contributed by atoms with Gasteiger partial charge in [-0.1, -0.05) is 55.7 Å². The van der Waals surface area contributed by atoms with Crippen molar-refractivity contribution in [3.8, 4) is 0 Å². The molecule has 1 atom stereocenters. The Kier molecular flexibility index (Phi) is 5.29. The zero-order valence-electron chi connectivity index (χ0n) is 13.5. The van der Waals surface area contributed by atoms with Crippen molar-refractivity contribution in [1.29, 1.82) is 0 Å². The van der Waals surface area contributed by atoms with Gasteiger partial charge in [0.25, 0.3) is 0 Å². The van der Waals surface area contributed by atoms with E-state index in [1.807, 2.05) is 24.3 Å². The molecule has 1 aliphatic carbocycles. The number of amides is 1. The summed E-state index contributed by atoms with van der Waals surface area (Å²) in [5.41, 5.74) is 0.961. The summed E-state index contributed by atoms with van der Waals surface area (Å²) in [7, 11) is 0. The van der Waals surface area contributed by atoms with Gasteiger partial charge < -0.3 is 10.4 Å². The molecular weight excluding hydrogens is 286 g/mol. The van der Waals surface area contributed by atoms with Crippen LogP contribution in [0.2, 0.25) is 0 Å². The molecule has 122 valence electrons. The second-order valence-electron chi connectivity index (χ2n) is 6.62. The topological polar surface area (TPSA) is 49.3 Å². The Balaban J connectivity index is 1.66. The van der Waals surface area contributed by atoms with Crippen molar-refractivity contribution in [2.24, 2.45) is 5.92 Å². The number of rotatable bonds is 5. The highest BCUT2D eigenvalue weighted by molar-refractivity contribution is 5.83. The lowest BCUT2D eigenvalue weighted by molar-refractivity contribution is -0.123. The standard InChI is InChI=1S/C20H25NO2/c22-14-19(21-20(23)12-15-6-2-1-3-7-15)18-11-10-16-8-4-5-9-17(16)13-18/h4-5,8-11,13,15,19,22H,1-3,6-7,12,14H2,(H,21,23). The van der Waals surface area contributed by atoms with Crippen LogP contribution in [-0.4, -0.2) is 17.6 Å². The van der Waals surface area contributed by atoms with Crippen LogP contribution in [0.4, 0.5) is 0 Å². The van der Waals surface area contributed by atoms with Gasteiger partial charge in [0.05, 0.1) is 12.6 Å². The molecule has 1 saturated carbocycles. The van der Waals surface area contributed by atoms with Crippen LogP contribution in [0.25, 0.3) is 10.8 Å². The zero-order valence-corrected chi connectivity index (χ0v) is 13.5. The zero-order chi connectivity index (χ0) is 16.1. The number of carbonyl (C=O) groups excluding carboxylic acids is 1. The van der Waals surface area contributed by atoms with Crippen molar-refractivity contribution in [3.05, 3.63) is 48.0 Å². The number of carbonyl (C=O) groups is 1. The molecule has 3 nitrogen and oxygen atoms in total. The highest BCUT2D eigenvalue weighted by atomic mass is 16.3. The van der Waals surface area contributed by atoms with E-state index in [1.54, 1.807) is 0 Å². The minimum absolute atomic E-state index is 0.0594. The lowest BCUT2D eigenvalue weighted by Crippen LogP contribution is -2.32. The fourth-order valence-electron chi connectivity index (χ4n) is 3.57. The Bertz CT molecular complexity index is 661. The smallest absolute Gasteiger partial charge is 0.220 e. The first-order valence-electron chi connectivity index (χ1n) is 8.65. The first-order valence-corrected chi connectivity index (χ1v) is 8.65. The van der Waals surface area contributed by atoms with Gasteiger partial charge in [0.15, 0.2) is 0 Å². The largest absolute Gasteiger partial charge is 0.394 e. The molecule has 1 aliphatic rings. The van der Waals surface area contributed by atoms with Crippen molar-refractivity contribution in [1.82, 2.24) is 5.32 Å². The van der Waals surface area contributed by atoms with Gasteiger partial charge in [-0.05, 0) is 41.2 Å². The Morgan fingerprint density at radius 2 is 1.83 bits per heavy atom. The minimum atomic E-state index is -0.323. The molecule has 1 unspecified atom stereocenters. The average Bonchev–Trinajstić information content (AvgIpc) is 2.60. The molecular formula is C20H25NO2. The van der Waals surface area contributed by atoms with Crippen LogP contribution in [0.1, 0.15) is 50.1 Å². The summed E-state index contributed by atoms with van der Waals surface area (Å²) in [5.74, 6) is 0.573. The van der Waals surface area contributed by atoms with Crippen LogP contribution in [-0.2, 0) is 4.79 Å². The van der Waals surface area contributed by atoms with E-state index in [4.69, 9.17) is 0 Å². The van der Waals surface area contributed by atoms with Crippen molar-refractivity contribution in [2.45, 2.75) is 44.6 Å². The Morgan fingerprint density at radius 3 is 2.57 bits per heavy atom. The van der Waals surface area contributed by atoms with Crippen molar-refractivity contribution >= 4 is 16.7 Å². The van der Waals surface area contributed by atoms with Crippen LogP contribution in [0.5, 0.6) is 0 Å². The minimum Gasteiger partial charge on any atom is -0.394 e. The molecule has 0 aliphatic heterocycles. The number of benzene rings is 2. The summed E-state index contributed by atoms with van der Waals surface area (Å²) in [6.07, 6.45) is 6.69. The molecule has 3 heteroatoms. The monoisotopic (exact) mass is 311 g/mol. The number of hydrogen-bond donors (Lipinski definition) is 2. The highest BCUT2D eigenvalue weighted by Crippen LogP contribution is 2.27. The average molecular weight is 311 g/mol. The molecule has 23 heavy (non-hydrogen) atoms. The highest BCUT2D eigenvalue weighted by Gasteiger charge is 2.19. The molecule has 2 aromatic carbocycles. The molecule has 2 N–H and O–H groups in total. The molecule has 1 amide bonds. The molecule has 0 radical (unpaired) electrons. The Morgan fingerprint density at radius 1 is 1.09 bits per heavy atom. The number of nitrogens with one attached hydrogen (secondary N) is 1. The van der Waals surface area contributed by atoms with Gasteiger partial charge in [0.1, 0.15) is 0 Å². The first kappa shape index (κ1) is 16.0. The lowest BCUT2D eigenvalue weighted by Gasteiger charge is -2.23. The molecule has 0 bridgehead atoms. The Labute approximate surface area is 137 Å². The molecule has 3 rings (SSSR count). The van der Waals surface area contributed by atoms with Crippen LogP contribution < -0.4 is 5.32 Å². The van der Waals surface area contributed by atoms with Gasteiger partial charge in [-0.15, -0.1) is 0 Å². The van der Waals surface area contributed by atoms with E-state index in [9.17, 15) is 9.90 Å². The second kappa shape index (κ2) is 7.60. The fourth-order valence-corrected chi connectivity index (χ4v) is 3.57. The van der Waals surface area contributed by atoms with E-state index in [1.165, 1.54) is 24.6 Å². The van der Waals surface area contributed by atoms with E-state index < -0.39 is 0 Å². The predicted octanol–water partition coefficient (Wildman–Crippen LogP) is 3.96. The van der Waals surface area contributed by atoms with Crippen molar-refractivity contribution in [2.75, 3.05) is 6.61 Å². The summed E-state index contributed by atoms with van der Waals surface area (Å²) in [4.78, 5) is 12.3. The molecule has 1 fully saturated rings. The summed E-state index contributed by atoms with van der Waals surface area (Å²) in [6.45, 7) is -0.0747. The van der Waals surface area contributed by atoms with Crippen molar-refractivity contribution < 1.29 is 9.90 Å². The van der Waals surface area contributed by atoms with Crippen LogP contribution in [0, 0.1) is 5.92 Å². The molecule has 0 saturated heterocycles. The van der Waals surface area contributed by atoms with E-state index >= 15 is 0 Å².